The summed E-state index contributed by atoms with van der Waals surface area (Å²) in [6.07, 6.45) is 1.05. The van der Waals surface area contributed by atoms with Gasteiger partial charge in [0.05, 0.1) is 24.7 Å². The fourth-order valence-electron chi connectivity index (χ4n) is 4.16. The normalized spacial score (nSPS) is 13.3. The van der Waals surface area contributed by atoms with Gasteiger partial charge >= 0.3 is 0 Å². The van der Waals surface area contributed by atoms with Crippen LogP contribution in [0.15, 0.2) is 72.8 Å². The molecule has 168 valence electrons. The van der Waals surface area contributed by atoms with E-state index < -0.39 is 0 Å². The third kappa shape index (κ3) is 4.62. The average Bonchev–Trinajstić information content (AvgIpc) is 3.06. The maximum Gasteiger partial charge on any atom is 0.262 e. The number of anilines is 2. The van der Waals surface area contributed by atoms with Crippen molar-refractivity contribution >= 4 is 28.3 Å². The van der Waals surface area contributed by atoms with Crippen LogP contribution in [0, 0.1) is 0 Å². The number of nitrogens with zero attached hydrogens (tertiary/aromatic N) is 3. The highest BCUT2D eigenvalue weighted by Gasteiger charge is 2.18. The predicted octanol–water partition coefficient (Wildman–Crippen LogP) is 4.47. The molecule has 0 unspecified atom stereocenters. The van der Waals surface area contributed by atoms with Crippen molar-refractivity contribution in [3.8, 4) is 11.5 Å². The van der Waals surface area contributed by atoms with E-state index in [0.717, 1.165) is 54.5 Å². The highest BCUT2D eigenvalue weighted by molar-refractivity contribution is 5.92. The molecule has 4 aromatic rings. The number of hydrogen-bond donors (Lipinski definition) is 1. The number of amides is 1. The number of methoxy groups -OCH3 is 1. The first kappa shape index (κ1) is 20.9. The Morgan fingerprint density at radius 3 is 2.52 bits per heavy atom. The van der Waals surface area contributed by atoms with Crippen molar-refractivity contribution in [2.24, 2.45) is 0 Å². The average molecular weight is 443 g/mol. The Hall–Kier alpha value is -4.00. The van der Waals surface area contributed by atoms with Gasteiger partial charge in [0.1, 0.15) is 17.3 Å². The Balaban J connectivity index is 1.20. The topological polar surface area (TPSA) is 68.6 Å². The van der Waals surface area contributed by atoms with E-state index >= 15 is 0 Å². The first-order valence-electron chi connectivity index (χ1n) is 11.1. The minimum Gasteiger partial charge on any atom is -0.497 e. The Morgan fingerprint density at radius 2 is 1.73 bits per heavy atom. The highest BCUT2D eigenvalue weighted by atomic mass is 16.5. The summed E-state index contributed by atoms with van der Waals surface area (Å²) in [5.41, 5.74) is 4.10. The van der Waals surface area contributed by atoms with Crippen molar-refractivity contribution in [3.63, 3.8) is 0 Å². The van der Waals surface area contributed by atoms with Gasteiger partial charge < -0.3 is 24.3 Å². The maximum absolute atomic E-state index is 12.3. The minimum atomic E-state index is -0.206. The maximum atomic E-state index is 12.3. The molecular weight excluding hydrogens is 416 g/mol. The molecule has 5 rings (SSSR count). The summed E-state index contributed by atoms with van der Waals surface area (Å²) in [6, 6.07) is 23.4. The summed E-state index contributed by atoms with van der Waals surface area (Å²) in [5, 5.41) is 2.89. The van der Waals surface area contributed by atoms with Crippen LogP contribution in [-0.2, 0) is 17.9 Å². The zero-order valence-electron chi connectivity index (χ0n) is 18.5. The molecule has 1 aromatic heterocycles. The minimum absolute atomic E-state index is 0.0591. The molecule has 0 aliphatic carbocycles. The number of aromatic nitrogens is 2. The van der Waals surface area contributed by atoms with Gasteiger partial charge in [0.15, 0.2) is 6.61 Å². The van der Waals surface area contributed by atoms with Crippen LogP contribution in [0.1, 0.15) is 12.2 Å². The molecular formula is C26H26N4O3. The molecule has 7 heteroatoms. The molecule has 0 spiro atoms. The van der Waals surface area contributed by atoms with Crippen LogP contribution in [0.2, 0.25) is 0 Å². The number of rotatable bonds is 6. The van der Waals surface area contributed by atoms with Crippen LogP contribution in [0.3, 0.4) is 0 Å². The predicted molar refractivity (Wildman–Crippen MR) is 129 cm³/mol. The van der Waals surface area contributed by atoms with Crippen molar-refractivity contribution in [1.82, 2.24) is 9.55 Å². The molecule has 0 saturated heterocycles. The second-order valence-corrected chi connectivity index (χ2v) is 8.00. The van der Waals surface area contributed by atoms with Crippen LogP contribution in [0.25, 0.3) is 11.0 Å². The second-order valence-electron chi connectivity index (χ2n) is 8.00. The fraction of sp³-hybridized carbons (Fsp3) is 0.231. The van der Waals surface area contributed by atoms with Crippen molar-refractivity contribution in [1.29, 1.82) is 0 Å². The lowest BCUT2D eigenvalue weighted by Crippen LogP contribution is -2.23. The second kappa shape index (κ2) is 9.24. The van der Waals surface area contributed by atoms with Crippen molar-refractivity contribution in [3.05, 3.63) is 78.6 Å². The fourth-order valence-corrected chi connectivity index (χ4v) is 4.16. The molecule has 0 atom stereocenters. The van der Waals surface area contributed by atoms with Gasteiger partial charge in [0.2, 0.25) is 0 Å². The molecule has 3 aromatic carbocycles. The van der Waals surface area contributed by atoms with E-state index in [1.165, 1.54) is 5.52 Å². The van der Waals surface area contributed by atoms with Crippen LogP contribution in [-0.4, -0.2) is 35.7 Å². The van der Waals surface area contributed by atoms with Gasteiger partial charge in [-0.3, -0.25) is 4.79 Å². The summed E-state index contributed by atoms with van der Waals surface area (Å²) >= 11 is 0. The Morgan fingerprint density at radius 1 is 0.970 bits per heavy atom. The molecule has 1 N–H and O–H groups in total. The van der Waals surface area contributed by atoms with E-state index in [1.54, 1.807) is 31.4 Å². The first-order chi connectivity index (χ1) is 16.2. The first-order valence-corrected chi connectivity index (χ1v) is 11.1. The number of imidazole rings is 1. The standard InChI is InChI=1S/C26H26N4O3/c1-32-21-11-13-22(14-12-21)33-18-26(31)27-19-7-9-20(10-8-19)29-15-4-16-30-24-6-3-2-5-23(24)28-25(30)17-29/h2-3,5-14H,4,15-18H2,1H3,(H,27,31). The van der Waals surface area contributed by atoms with Gasteiger partial charge in [-0.15, -0.1) is 0 Å². The van der Waals surface area contributed by atoms with Gasteiger partial charge in [0, 0.05) is 24.5 Å². The molecule has 1 aliphatic heterocycles. The van der Waals surface area contributed by atoms with E-state index in [9.17, 15) is 4.79 Å². The molecule has 1 aliphatic rings. The summed E-state index contributed by atoms with van der Waals surface area (Å²) in [6.45, 7) is 2.63. The quantitative estimate of drug-likeness (QED) is 0.477. The number of aryl methyl sites for hydroxylation is 1. The van der Waals surface area contributed by atoms with Gasteiger partial charge in [0.25, 0.3) is 5.91 Å². The molecule has 0 saturated carbocycles. The number of para-hydroxylation sites is 2. The SMILES string of the molecule is COc1ccc(OCC(=O)Nc2ccc(N3CCCn4c(nc5ccccc54)C3)cc2)cc1. The summed E-state index contributed by atoms with van der Waals surface area (Å²) in [4.78, 5) is 19.5. The lowest BCUT2D eigenvalue weighted by molar-refractivity contribution is -0.118. The zero-order chi connectivity index (χ0) is 22.6. The van der Waals surface area contributed by atoms with Crippen molar-refractivity contribution < 1.29 is 14.3 Å². The summed E-state index contributed by atoms with van der Waals surface area (Å²) in [7, 11) is 1.61. The van der Waals surface area contributed by atoms with Crippen molar-refractivity contribution in [2.45, 2.75) is 19.5 Å². The monoisotopic (exact) mass is 442 g/mol. The Bertz CT molecular complexity index is 1250. The molecule has 33 heavy (non-hydrogen) atoms. The van der Waals surface area contributed by atoms with Gasteiger partial charge in [-0.2, -0.15) is 0 Å². The Kier molecular flexibility index (Phi) is 5.85. The number of fused-ring (bicyclic) bond motifs is 3. The number of benzene rings is 3. The van der Waals surface area contributed by atoms with Gasteiger partial charge in [-0.1, -0.05) is 12.1 Å². The largest absolute Gasteiger partial charge is 0.497 e. The third-order valence-electron chi connectivity index (χ3n) is 5.82. The lowest BCUT2D eigenvalue weighted by atomic mass is 10.2. The molecule has 0 bridgehead atoms. The van der Waals surface area contributed by atoms with E-state index in [2.05, 4.69) is 33.0 Å². The van der Waals surface area contributed by atoms with Crippen LogP contribution in [0.5, 0.6) is 11.5 Å². The third-order valence-corrected chi connectivity index (χ3v) is 5.82. The van der Waals surface area contributed by atoms with E-state index in [0.29, 0.717) is 5.75 Å². The Labute approximate surface area is 192 Å². The number of ether oxygens (including phenoxy) is 2. The molecule has 1 amide bonds. The number of carbonyl (C=O) groups excluding carboxylic acids is 1. The molecule has 2 heterocycles. The smallest absolute Gasteiger partial charge is 0.262 e. The molecule has 0 fully saturated rings. The number of nitrogens with one attached hydrogen (secondary N) is 1. The van der Waals surface area contributed by atoms with E-state index in [4.69, 9.17) is 14.5 Å². The highest BCUT2D eigenvalue weighted by Crippen LogP contribution is 2.25. The van der Waals surface area contributed by atoms with Gasteiger partial charge in [-0.05, 0) is 67.1 Å². The lowest BCUT2D eigenvalue weighted by Gasteiger charge is -2.22. The zero-order valence-corrected chi connectivity index (χ0v) is 18.5. The molecule has 7 nitrogen and oxygen atoms in total. The van der Waals surface area contributed by atoms with Crippen LogP contribution < -0.4 is 19.7 Å². The molecule has 0 radical (unpaired) electrons. The van der Waals surface area contributed by atoms with Gasteiger partial charge in [-0.25, -0.2) is 4.98 Å². The summed E-state index contributed by atoms with van der Waals surface area (Å²) < 4.78 is 13.0. The summed E-state index contributed by atoms with van der Waals surface area (Å²) in [5.74, 6) is 2.24. The number of carbonyl (C=O) groups is 1. The van der Waals surface area contributed by atoms with E-state index in [-0.39, 0.29) is 12.5 Å². The van der Waals surface area contributed by atoms with Crippen LogP contribution in [0.4, 0.5) is 11.4 Å². The van der Waals surface area contributed by atoms with Crippen molar-refractivity contribution in [2.75, 3.05) is 30.5 Å². The van der Waals surface area contributed by atoms with Crippen LogP contribution >= 0.6 is 0 Å². The van der Waals surface area contributed by atoms with E-state index in [1.807, 2.05) is 30.3 Å². The number of hydrogen-bond acceptors (Lipinski definition) is 5.